The van der Waals surface area contributed by atoms with Gasteiger partial charge in [-0.25, -0.2) is 0 Å². The van der Waals surface area contributed by atoms with E-state index in [1.807, 2.05) is 12.2 Å². The van der Waals surface area contributed by atoms with Gasteiger partial charge in [0.2, 0.25) is 0 Å². The molecule has 0 saturated carbocycles. The summed E-state index contributed by atoms with van der Waals surface area (Å²) in [5, 5.41) is 9.20. The van der Waals surface area contributed by atoms with Crippen LogP contribution in [0, 0.1) is 0 Å². The zero-order valence-corrected chi connectivity index (χ0v) is 11.4. The van der Waals surface area contributed by atoms with Gasteiger partial charge in [-0.3, -0.25) is 9.59 Å². The van der Waals surface area contributed by atoms with Crippen molar-refractivity contribution >= 4 is 40.5 Å². The minimum absolute atomic E-state index is 0.0782. The zero-order chi connectivity index (χ0) is 13.5. The van der Waals surface area contributed by atoms with Gasteiger partial charge in [0.15, 0.2) is 5.12 Å². The highest BCUT2D eigenvalue weighted by Gasteiger charge is 2.05. The highest BCUT2D eigenvalue weighted by atomic mass is 35.5. The van der Waals surface area contributed by atoms with Crippen LogP contribution in [0.3, 0.4) is 0 Å². The third kappa shape index (κ3) is 5.38. The van der Waals surface area contributed by atoms with Crippen molar-refractivity contribution < 1.29 is 14.7 Å². The molecule has 1 N–H and O–H groups in total. The predicted octanol–water partition coefficient (Wildman–Crippen LogP) is 3.26. The van der Waals surface area contributed by atoms with E-state index in [4.69, 9.17) is 16.7 Å². The maximum atomic E-state index is 10.7. The van der Waals surface area contributed by atoms with Crippen molar-refractivity contribution in [3.63, 3.8) is 0 Å². The number of halogens is 1. The number of carbonyl (C=O) groups is 2. The predicted molar refractivity (Wildman–Crippen MR) is 75.0 cm³/mol. The molecule has 0 heterocycles. The van der Waals surface area contributed by atoms with Gasteiger partial charge >= 0.3 is 5.97 Å². The molecule has 5 heteroatoms. The smallest absolute Gasteiger partial charge is 0.307 e. The van der Waals surface area contributed by atoms with Crippen LogP contribution in [-0.4, -0.2) is 21.9 Å². The molecule has 0 atom stereocenters. The van der Waals surface area contributed by atoms with E-state index in [9.17, 15) is 9.59 Å². The van der Waals surface area contributed by atoms with Crippen molar-refractivity contribution in [1.29, 1.82) is 0 Å². The molecule has 96 valence electrons. The molecule has 1 rings (SSSR count). The summed E-state index contributed by atoms with van der Waals surface area (Å²) in [6.07, 6.45) is 3.64. The van der Waals surface area contributed by atoms with Crippen LogP contribution in [0.1, 0.15) is 18.1 Å². The molecule has 0 aliphatic carbocycles. The van der Waals surface area contributed by atoms with Crippen LogP contribution in [-0.2, 0) is 16.0 Å². The number of aliphatic carboxylic acids is 1. The van der Waals surface area contributed by atoms with Crippen LogP contribution in [0.25, 0.3) is 6.08 Å². The van der Waals surface area contributed by atoms with Gasteiger partial charge in [-0.05, 0) is 17.2 Å². The van der Waals surface area contributed by atoms with E-state index >= 15 is 0 Å². The van der Waals surface area contributed by atoms with Crippen molar-refractivity contribution in [1.82, 2.24) is 0 Å². The van der Waals surface area contributed by atoms with Crippen LogP contribution >= 0.6 is 23.4 Å². The number of rotatable bonds is 5. The molecule has 0 aliphatic rings. The standard InChI is InChI=1S/C13H13ClO3S/c1-9(15)18-6-2-3-10-4-5-11(8-13(16)17)12(14)7-10/h2-5,7H,6,8H2,1H3,(H,16,17). The van der Waals surface area contributed by atoms with Gasteiger partial charge in [0.05, 0.1) is 6.42 Å². The summed E-state index contributed by atoms with van der Waals surface area (Å²) in [5.41, 5.74) is 1.48. The van der Waals surface area contributed by atoms with Crippen molar-refractivity contribution in [3.8, 4) is 0 Å². The van der Waals surface area contributed by atoms with Gasteiger partial charge in [-0.1, -0.05) is 47.6 Å². The van der Waals surface area contributed by atoms with Crippen molar-refractivity contribution in [3.05, 3.63) is 40.4 Å². The average Bonchev–Trinajstić information content (AvgIpc) is 2.27. The van der Waals surface area contributed by atoms with E-state index in [2.05, 4.69) is 0 Å². The molecule has 1 aromatic rings. The molecular formula is C13H13ClO3S. The minimum Gasteiger partial charge on any atom is -0.481 e. The van der Waals surface area contributed by atoms with Crippen LogP contribution < -0.4 is 0 Å². The third-order valence-corrected chi connectivity index (χ3v) is 3.23. The van der Waals surface area contributed by atoms with Crippen LogP contribution in [0.15, 0.2) is 24.3 Å². The first-order valence-corrected chi connectivity index (χ1v) is 6.65. The largest absolute Gasteiger partial charge is 0.481 e. The Morgan fingerprint density at radius 3 is 2.72 bits per heavy atom. The molecule has 18 heavy (non-hydrogen) atoms. The first-order valence-electron chi connectivity index (χ1n) is 5.29. The molecule has 0 aliphatic heterocycles. The van der Waals surface area contributed by atoms with Crippen molar-refractivity contribution in [2.24, 2.45) is 0 Å². The van der Waals surface area contributed by atoms with E-state index in [1.54, 1.807) is 18.2 Å². The lowest BCUT2D eigenvalue weighted by Crippen LogP contribution is -2.00. The normalized spacial score (nSPS) is 10.8. The molecule has 0 saturated heterocycles. The molecule has 0 radical (unpaired) electrons. The van der Waals surface area contributed by atoms with Gasteiger partial charge in [0.1, 0.15) is 0 Å². The Balaban J connectivity index is 2.66. The van der Waals surface area contributed by atoms with Crippen LogP contribution in [0.5, 0.6) is 0 Å². The summed E-state index contributed by atoms with van der Waals surface area (Å²) in [7, 11) is 0. The Hall–Kier alpha value is -1.26. The van der Waals surface area contributed by atoms with Gasteiger partial charge in [0.25, 0.3) is 0 Å². The fourth-order valence-corrected chi connectivity index (χ4v) is 2.01. The zero-order valence-electron chi connectivity index (χ0n) is 9.85. The van der Waals surface area contributed by atoms with Gasteiger partial charge in [0, 0.05) is 17.7 Å². The topological polar surface area (TPSA) is 54.4 Å². The SMILES string of the molecule is CC(=O)SCC=Cc1ccc(CC(=O)O)c(Cl)c1. The second-order valence-corrected chi connectivity index (χ2v) is 5.23. The summed E-state index contributed by atoms with van der Waals surface area (Å²) < 4.78 is 0. The molecule has 3 nitrogen and oxygen atoms in total. The van der Waals surface area contributed by atoms with E-state index in [1.165, 1.54) is 18.7 Å². The van der Waals surface area contributed by atoms with Crippen molar-refractivity contribution in [2.75, 3.05) is 5.75 Å². The third-order valence-electron chi connectivity index (χ3n) is 2.11. The van der Waals surface area contributed by atoms with Gasteiger partial charge in [-0.15, -0.1) is 0 Å². The first-order chi connectivity index (χ1) is 8.49. The summed E-state index contributed by atoms with van der Waals surface area (Å²) in [6.45, 7) is 1.52. The van der Waals surface area contributed by atoms with Gasteiger partial charge in [-0.2, -0.15) is 0 Å². The van der Waals surface area contributed by atoms with E-state index in [0.717, 1.165) is 5.56 Å². The Labute approximate surface area is 115 Å². The summed E-state index contributed by atoms with van der Waals surface area (Å²) in [6, 6.07) is 5.22. The Morgan fingerprint density at radius 2 is 2.17 bits per heavy atom. The Kier molecular flexibility index (Phi) is 5.95. The number of hydrogen-bond acceptors (Lipinski definition) is 3. The number of carboxylic acid groups (broad SMARTS) is 1. The van der Waals surface area contributed by atoms with Crippen LogP contribution in [0.4, 0.5) is 0 Å². The fourth-order valence-electron chi connectivity index (χ4n) is 1.32. The summed E-state index contributed by atoms with van der Waals surface area (Å²) in [5.74, 6) is -0.290. The molecule has 0 bridgehead atoms. The molecule has 0 fully saturated rings. The van der Waals surface area contributed by atoms with E-state index in [0.29, 0.717) is 16.3 Å². The molecule has 0 aromatic heterocycles. The van der Waals surface area contributed by atoms with E-state index in [-0.39, 0.29) is 11.5 Å². The second kappa shape index (κ2) is 7.24. The van der Waals surface area contributed by atoms with Crippen LogP contribution in [0.2, 0.25) is 5.02 Å². The summed E-state index contributed by atoms with van der Waals surface area (Å²) in [4.78, 5) is 21.3. The maximum absolute atomic E-state index is 10.7. The monoisotopic (exact) mass is 284 g/mol. The minimum atomic E-state index is -0.905. The fraction of sp³-hybridized carbons (Fsp3) is 0.231. The maximum Gasteiger partial charge on any atom is 0.307 e. The quantitative estimate of drug-likeness (QED) is 0.902. The highest BCUT2D eigenvalue weighted by molar-refractivity contribution is 8.13. The number of thioether (sulfide) groups is 1. The lowest BCUT2D eigenvalue weighted by Gasteiger charge is -2.02. The number of carboxylic acids is 1. The highest BCUT2D eigenvalue weighted by Crippen LogP contribution is 2.19. The molecular weight excluding hydrogens is 272 g/mol. The summed E-state index contributed by atoms with van der Waals surface area (Å²) >= 11 is 7.21. The van der Waals surface area contributed by atoms with E-state index < -0.39 is 5.97 Å². The van der Waals surface area contributed by atoms with Gasteiger partial charge < -0.3 is 5.11 Å². The molecule has 1 aromatic carbocycles. The van der Waals surface area contributed by atoms with Crippen molar-refractivity contribution in [2.45, 2.75) is 13.3 Å². The molecule has 0 unspecified atom stereocenters. The lowest BCUT2D eigenvalue weighted by molar-refractivity contribution is -0.136. The first kappa shape index (κ1) is 14.8. The Bertz CT molecular complexity index is 483. The number of carbonyl (C=O) groups excluding carboxylic acids is 1. The average molecular weight is 285 g/mol. The lowest BCUT2D eigenvalue weighted by atomic mass is 10.1. The number of hydrogen-bond donors (Lipinski definition) is 1. The Morgan fingerprint density at radius 1 is 1.44 bits per heavy atom. The number of benzene rings is 1. The second-order valence-electron chi connectivity index (χ2n) is 3.63. The molecule has 0 spiro atoms. The molecule has 0 amide bonds.